The van der Waals surface area contributed by atoms with E-state index in [1.54, 1.807) is 35.9 Å². The van der Waals surface area contributed by atoms with Gasteiger partial charge in [-0.2, -0.15) is 5.10 Å². The van der Waals surface area contributed by atoms with E-state index < -0.39 is 0 Å². The Bertz CT molecular complexity index is 1010. The first-order chi connectivity index (χ1) is 13.7. The summed E-state index contributed by atoms with van der Waals surface area (Å²) in [4.78, 5) is 10.1. The minimum Gasteiger partial charge on any atom is -0.264 e. The molecule has 0 unspecified atom stereocenters. The van der Waals surface area contributed by atoms with Crippen LogP contribution in [0.25, 0.3) is 11.3 Å². The van der Waals surface area contributed by atoms with Gasteiger partial charge in [0, 0.05) is 28.9 Å². The number of pyridine rings is 1. The number of nitrogens with zero attached hydrogens (tertiary/aromatic N) is 4. The highest BCUT2D eigenvalue weighted by Gasteiger charge is 2.14. The molecule has 2 aromatic heterocycles. The molecule has 4 rings (SSSR count). The van der Waals surface area contributed by atoms with Gasteiger partial charge in [0.2, 0.25) is 4.80 Å². The molecule has 1 saturated carbocycles. The molecular weight excluding hydrogens is 371 g/mol. The minimum atomic E-state index is -0.243. The van der Waals surface area contributed by atoms with Crippen molar-refractivity contribution >= 4 is 17.0 Å². The second-order valence-electron chi connectivity index (χ2n) is 7.07. The summed E-state index contributed by atoms with van der Waals surface area (Å²) in [6.45, 7) is 1.97. The first kappa shape index (κ1) is 18.7. The maximum Gasteiger partial charge on any atom is 0.206 e. The number of hydrogen-bond acceptors (Lipinski definition) is 4. The highest BCUT2D eigenvalue weighted by molar-refractivity contribution is 7.07. The Kier molecular flexibility index (Phi) is 5.76. The summed E-state index contributed by atoms with van der Waals surface area (Å²) < 4.78 is 15.3. The largest absolute Gasteiger partial charge is 0.264 e. The molecule has 0 bridgehead atoms. The molecule has 0 atom stereocenters. The van der Waals surface area contributed by atoms with Gasteiger partial charge in [-0.15, -0.1) is 11.3 Å². The lowest BCUT2D eigenvalue weighted by molar-refractivity contribution is 0.435. The molecule has 0 radical (unpaired) electrons. The highest BCUT2D eigenvalue weighted by atomic mass is 32.1. The molecule has 144 valence electrons. The van der Waals surface area contributed by atoms with E-state index >= 15 is 0 Å². The molecule has 0 aliphatic heterocycles. The van der Waals surface area contributed by atoms with Crippen LogP contribution < -0.4 is 4.80 Å². The Labute approximate surface area is 168 Å². The van der Waals surface area contributed by atoms with E-state index in [0.29, 0.717) is 6.04 Å². The molecule has 1 aliphatic carbocycles. The van der Waals surface area contributed by atoms with Crippen LogP contribution in [-0.2, 0) is 0 Å². The van der Waals surface area contributed by atoms with Gasteiger partial charge in [0.05, 0.1) is 17.4 Å². The van der Waals surface area contributed by atoms with Gasteiger partial charge in [0.15, 0.2) is 0 Å². The van der Waals surface area contributed by atoms with Crippen LogP contribution >= 0.6 is 11.3 Å². The molecule has 1 aliphatic rings. The van der Waals surface area contributed by atoms with Crippen LogP contribution in [0.3, 0.4) is 0 Å². The number of hydrogen-bond donors (Lipinski definition) is 0. The highest BCUT2D eigenvalue weighted by Crippen LogP contribution is 2.23. The van der Waals surface area contributed by atoms with Gasteiger partial charge in [-0.25, -0.2) is 9.07 Å². The van der Waals surface area contributed by atoms with Gasteiger partial charge in [-0.05, 0) is 50.1 Å². The second-order valence-corrected chi connectivity index (χ2v) is 7.91. The molecule has 6 heteroatoms. The average molecular weight is 395 g/mol. The average Bonchev–Trinajstić information content (AvgIpc) is 3.12. The summed E-state index contributed by atoms with van der Waals surface area (Å²) in [5, 5.41) is 6.92. The van der Waals surface area contributed by atoms with Gasteiger partial charge in [-0.3, -0.25) is 9.98 Å². The summed E-state index contributed by atoms with van der Waals surface area (Å²) in [5.74, 6) is -0.243. The Morgan fingerprint density at radius 3 is 2.64 bits per heavy atom. The maximum absolute atomic E-state index is 13.4. The summed E-state index contributed by atoms with van der Waals surface area (Å²) in [6, 6.07) is 10.8. The first-order valence-electron chi connectivity index (χ1n) is 9.67. The third kappa shape index (κ3) is 4.28. The lowest BCUT2D eigenvalue weighted by Crippen LogP contribution is -2.19. The van der Waals surface area contributed by atoms with E-state index in [1.165, 1.54) is 31.4 Å². The van der Waals surface area contributed by atoms with Crippen LogP contribution in [0.5, 0.6) is 0 Å². The normalized spacial score (nSPS) is 16.5. The molecule has 0 amide bonds. The van der Waals surface area contributed by atoms with Crippen LogP contribution in [0.2, 0.25) is 0 Å². The zero-order valence-corrected chi connectivity index (χ0v) is 16.7. The van der Waals surface area contributed by atoms with E-state index in [4.69, 9.17) is 10.1 Å². The first-order valence-corrected chi connectivity index (χ1v) is 10.5. The summed E-state index contributed by atoms with van der Waals surface area (Å²) in [5.41, 5.74) is 3.67. The molecule has 1 fully saturated rings. The van der Waals surface area contributed by atoms with E-state index in [2.05, 4.69) is 10.4 Å². The third-order valence-corrected chi connectivity index (χ3v) is 5.85. The van der Waals surface area contributed by atoms with Crippen LogP contribution in [0, 0.1) is 5.82 Å². The van der Waals surface area contributed by atoms with Crippen LogP contribution in [-0.4, -0.2) is 21.4 Å². The van der Waals surface area contributed by atoms with Gasteiger partial charge < -0.3 is 0 Å². The van der Waals surface area contributed by atoms with Crippen molar-refractivity contribution in [2.75, 3.05) is 0 Å². The minimum absolute atomic E-state index is 0.243. The predicted molar refractivity (Wildman–Crippen MR) is 112 cm³/mol. The van der Waals surface area contributed by atoms with Crippen molar-refractivity contribution in [3.05, 3.63) is 70.4 Å². The van der Waals surface area contributed by atoms with E-state index in [0.717, 1.165) is 40.2 Å². The Morgan fingerprint density at radius 2 is 1.93 bits per heavy atom. The standard InChI is InChI=1S/C22H23FN4S/c1-16(18-6-5-13-24-14-18)26-27-21(17-9-11-19(23)12-10-17)15-28-22(27)25-20-7-3-2-4-8-20/h5-6,9-15,20H,2-4,7-8H2,1H3. The third-order valence-electron chi connectivity index (χ3n) is 5.02. The van der Waals surface area contributed by atoms with Crippen molar-refractivity contribution in [3.8, 4) is 11.3 Å². The van der Waals surface area contributed by atoms with Gasteiger partial charge in [0.1, 0.15) is 5.82 Å². The van der Waals surface area contributed by atoms with Crippen molar-refractivity contribution in [3.63, 3.8) is 0 Å². The van der Waals surface area contributed by atoms with Crippen molar-refractivity contribution in [2.24, 2.45) is 10.1 Å². The van der Waals surface area contributed by atoms with Crippen molar-refractivity contribution in [1.82, 2.24) is 9.66 Å². The Morgan fingerprint density at radius 1 is 1.14 bits per heavy atom. The second kappa shape index (κ2) is 8.61. The molecule has 4 nitrogen and oxygen atoms in total. The molecule has 28 heavy (non-hydrogen) atoms. The predicted octanol–water partition coefficient (Wildman–Crippen LogP) is 5.26. The van der Waals surface area contributed by atoms with E-state index in [9.17, 15) is 4.39 Å². The lowest BCUT2D eigenvalue weighted by atomic mass is 9.96. The number of halogens is 1. The summed E-state index contributed by atoms with van der Waals surface area (Å²) in [6.07, 6.45) is 9.61. The van der Waals surface area contributed by atoms with E-state index in [-0.39, 0.29) is 5.82 Å². The zero-order valence-electron chi connectivity index (χ0n) is 15.9. The quantitative estimate of drug-likeness (QED) is 0.557. The molecule has 0 N–H and O–H groups in total. The van der Waals surface area contributed by atoms with Crippen LogP contribution in [0.15, 0.2) is 64.3 Å². The van der Waals surface area contributed by atoms with Gasteiger partial charge in [0.25, 0.3) is 0 Å². The Balaban J connectivity index is 1.81. The van der Waals surface area contributed by atoms with Crippen molar-refractivity contribution < 1.29 is 4.39 Å². The maximum atomic E-state index is 13.4. The van der Waals surface area contributed by atoms with Crippen molar-refractivity contribution in [2.45, 2.75) is 45.1 Å². The van der Waals surface area contributed by atoms with Crippen LogP contribution in [0.1, 0.15) is 44.6 Å². The number of thiazole rings is 1. The molecule has 0 spiro atoms. The molecule has 1 aromatic carbocycles. The fraction of sp³-hybridized carbons (Fsp3) is 0.318. The van der Waals surface area contributed by atoms with Crippen LogP contribution in [0.4, 0.5) is 4.39 Å². The van der Waals surface area contributed by atoms with Crippen molar-refractivity contribution in [1.29, 1.82) is 0 Å². The van der Waals surface area contributed by atoms with E-state index in [1.807, 2.05) is 23.7 Å². The molecule has 2 heterocycles. The number of aromatic nitrogens is 2. The zero-order chi connectivity index (χ0) is 19.3. The smallest absolute Gasteiger partial charge is 0.206 e. The topological polar surface area (TPSA) is 42.5 Å². The molecule has 0 saturated heterocycles. The fourth-order valence-corrected chi connectivity index (χ4v) is 4.36. The number of rotatable bonds is 4. The molecule has 3 aromatic rings. The Hall–Kier alpha value is -2.60. The van der Waals surface area contributed by atoms with Gasteiger partial charge in [-0.1, -0.05) is 25.3 Å². The van der Waals surface area contributed by atoms with Gasteiger partial charge >= 0.3 is 0 Å². The lowest BCUT2D eigenvalue weighted by Gasteiger charge is -2.17. The SMILES string of the molecule is CC(=Nn1c(-c2ccc(F)cc2)csc1=NC1CCCCC1)c1cccnc1. The number of benzene rings is 1. The monoisotopic (exact) mass is 394 g/mol. The molecular formula is C22H23FN4S. The fourth-order valence-electron chi connectivity index (χ4n) is 3.45. The summed E-state index contributed by atoms with van der Waals surface area (Å²) in [7, 11) is 0. The summed E-state index contributed by atoms with van der Waals surface area (Å²) >= 11 is 1.59.